The number of nitrogens with two attached hydrogens (primary N) is 1. The van der Waals surface area contributed by atoms with E-state index in [0.717, 1.165) is 31.5 Å². The Balaban J connectivity index is 2.18. The minimum Gasteiger partial charge on any atom is -0.334 e. The molecule has 2 heterocycles. The number of amides is 1. The molecular weight excluding hydrogens is 216 g/mol. The second-order valence-corrected chi connectivity index (χ2v) is 4.65. The number of rotatable bonds is 2. The lowest BCUT2D eigenvalue weighted by Gasteiger charge is -2.28. The first-order valence-corrected chi connectivity index (χ1v) is 6.25. The van der Waals surface area contributed by atoms with E-state index in [2.05, 4.69) is 10.2 Å². The maximum Gasteiger partial charge on any atom is 0.257 e. The molecule has 1 unspecified atom stereocenters. The molecule has 0 aromatic carbocycles. The summed E-state index contributed by atoms with van der Waals surface area (Å²) in [6.45, 7) is 3.23. The molecule has 5 nitrogen and oxygen atoms in total. The van der Waals surface area contributed by atoms with Crippen molar-refractivity contribution in [2.24, 2.45) is 5.73 Å². The van der Waals surface area contributed by atoms with Gasteiger partial charge in [0, 0.05) is 24.8 Å². The van der Waals surface area contributed by atoms with Gasteiger partial charge in [0.15, 0.2) is 0 Å². The van der Waals surface area contributed by atoms with Gasteiger partial charge in [0.1, 0.15) is 0 Å². The summed E-state index contributed by atoms with van der Waals surface area (Å²) in [5.74, 6) is 0.0635. The zero-order valence-electron chi connectivity index (χ0n) is 10.3. The molecule has 0 saturated carbocycles. The maximum atomic E-state index is 12.4. The van der Waals surface area contributed by atoms with Gasteiger partial charge in [-0.1, -0.05) is 12.8 Å². The van der Waals surface area contributed by atoms with Crippen molar-refractivity contribution in [3.05, 3.63) is 17.5 Å². The Bertz CT molecular complexity index is 388. The van der Waals surface area contributed by atoms with E-state index in [4.69, 9.17) is 5.73 Å². The predicted molar refractivity (Wildman–Crippen MR) is 65.7 cm³/mol. The number of hydrogen-bond donors (Lipinski definition) is 2. The SMILES string of the molecule is Cc1[nH]ncc1C(=O)N1CCCCCC1CN. The van der Waals surface area contributed by atoms with Crippen molar-refractivity contribution in [3.8, 4) is 0 Å². The fourth-order valence-corrected chi connectivity index (χ4v) is 2.41. The van der Waals surface area contributed by atoms with Crippen molar-refractivity contribution in [1.82, 2.24) is 15.1 Å². The highest BCUT2D eigenvalue weighted by molar-refractivity contribution is 5.95. The van der Waals surface area contributed by atoms with Crippen LogP contribution in [0, 0.1) is 6.92 Å². The molecule has 1 atom stereocenters. The summed E-state index contributed by atoms with van der Waals surface area (Å²) < 4.78 is 0. The number of hydrogen-bond acceptors (Lipinski definition) is 3. The quantitative estimate of drug-likeness (QED) is 0.806. The molecule has 0 aliphatic carbocycles. The van der Waals surface area contributed by atoms with Crippen molar-refractivity contribution >= 4 is 5.91 Å². The summed E-state index contributed by atoms with van der Waals surface area (Å²) in [4.78, 5) is 14.3. The maximum absolute atomic E-state index is 12.4. The fourth-order valence-electron chi connectivity index (χ4n) is 2.41. The summed E-state index contributed by atoms with van der Waals surface area (Å²) >= 11 is 0. The van der Waals surface area contributed by atoms with Gasteiger partial charge in [0.25, 0.3) is 5.91 Å². The Morgan fingerprint density at radius 1 is 1.59 bits per heavy atom. The third-order valence-corrected chi connectivity index (χ3v) is 3.47. The fraction of sp³-hybridized carbons (Fsp3) is 0.667. The molecule has 2 rings (SSSR count). The number of nitrogens with one attached hydrogen (secondary N) is 1. The van der Waals surface area contributed by atoms with Gasteiger partial charge in [-0.15, -0.1) is 0 Å². The Labute approximate surface area is 101 Å². The molecule has 1 fully saturated rings. The normalized spacial score (nSPS) is 21.3. The van der Waals surface area contributed by atoms with Crippen molar-refractivity contribution in [2.45, 2.75) is 38.6 Å². The second-order valence-electron chi connectivity index (χ2n) is 4.65. The van der Waals surface area contributed by atoms with Crippen LogP contribution in [0.25, 0.3) is 0 Å². The van der Waals surface area contributed by atoms with Gasteiger partial charge in [0.2, 0.25) is 0 Å². The van der Waals surface area contributed by atoms with E-state index in [0.29, 0.717) is 12.1 Å². The highest BCUT2D eigenvalue weighted by Gasteiger charge is 2.26. The molecule has 0 spiro atoms. The molecule has 1 amide bonds. The highest BCUT2D eigenvalue weighted by Crippen LogP contribution is 2.19. The summed E-state index contributed by atoms with van der Waals surface area (Å²) in [7, 11) is 0. The number of aromatic nitrogens is 2. The molecule has 5 heteroatoms. The molecule has 1 aliphatic heterocycles. The molecule has 0 radical (unpaired) electrons. The molecule has 94 valence electrons. The summed E-state index contributed by atoms with van der Waals surface area (Å²) in [5, 5.41) is 6.72. The zero-order chi connectivity index (χ0) is 12.3. The summed E-state index contributed by atoms with van der Waals surface area (Å²) in [5.41, 5.74) is 7.28. The second kappa shape index (κ2) is 5.31. The van der Waals surface area contributed by atoms with Crippen LogP contribution >= 0.6 is 0 Å². The van der Waals surface area contributed by atoms with Gasteiger partial charge >= 0.3 is 0 Å². The third-order valence-electron chi connectivity index (χ3n) is 3.47. The molecule has 0 bridgehead atoms. The molecular formula is C12H20N4O. The molecule has 1 saturated heterocycles. The van der Waals surface area contributed by atoms with Crippen LogP contribution in [0.5, 0.6) is 0 Å². The van der Waals surface area contributed by atoms with Crippen LogP contribution in [-0.4, -0.2) is 40.1 Å². The predicted octanol–water partition coefficient (Wildman–Crippen LogP) is 1.06. The number of likely N-dealkylation sites (tertiary alicyclic amines) is 1. The monoisotopic (exact) mass is 236 g/mol. The van der Waals surface area contributed by atoms with Gasteiger partial charge in [-0.3, -0.25) is 9.89 Å². The van der Waals surface area contributed by atoms with E-state index in [1.54, 1.807) is 6.20 Å². The van der Waals surface area contributed by atoms with Crippen molar-refractivity contribution in [1.29, 1.82) is 0 Å². The van der Waals surface area contributed by atoms with Crippen molar-refractivity contribution in [2.75, 3.05) is 13.1 Å². The van der Waals surface area contributed by atoms with Crippen LogP contribution in [0.4, 0.5) is 0 Å². The van der Waals surface area contributed by atoms with Crippen LogP contribution in [-0.2, 0) is 0 Å². The largest absolute Gasteiger partial charge is 0.334 e. The molecule has 17 heavy (non-hydrogen) atoms. The number of aryl methyl sites for hydroxylation is 1. The van der Waals surface area contributed by atoms with E-state index in [1.165, 1.54) is 6.42 Å². The first kappa shape index (κ1) is 12.1. The van der Waals surface area contributed by atoms with E-state index in [1.807, 2.05) is 11.8 Å². The lowest BCUT2D eigenvalue weighted by atomic mass is 10.1. The van der Waals surface area contributed by atoms with Gasteiger partial charge < -0.3 is 10.6 Å². The number of aromatic amines is 1. The van der Waals surface area contributed by atoms with Crippen molar-refractivity contribution < 1.29 is 4.79 Å². The smallest absolute Gasteiger partial charge is 0.257 e. The van der Waals surface area contributed by atoms with Crippen molar-refractivity contribution in [3.63, 3.8) is 0 Å². The summed E-state index contributed by atoms with van der Waals surface area (Å²) in [6.07, 6.45) is 6.04. The number of carbonyl (C=O) groups excluding carboxylic acids is 1. The van der Waals surface area contributed by atoms with Crippen LogP contribution in [0.15, 0.2) is 6.20 Å². The van der Waals surface area contributed by atoms with Gasteiger partial charge in [-0.25, -0.2) is 0 Å². The van der Waals surface area contributed by atoms with Crippen LogP contribution in [0.2, 0.25) is 0 Å². The first-order chi connectivity index (χ1) is 8.24. The Morgan fingerprint density at radius 2 is 2.41 bits per heavy atom. The third kappa shape index (κ3) is 2.49. The lowest BCUT2D eigenvalue weighted by molar-refractivity contribution is 0.0688. The van der Waals surface area contributed by atoms with Crippen LogP contribution < -0.4 is 5.73 Å². The molecule has 1 aromatic rings. The average Bonchev–Trinajstić information content (AvgIpc) is 2.64. The highest BCUT2D eigenvalue weighted by atomic mass is 16.2. The Morgan fingerprint density at radius 3 is 3.06 bits per heavy atom. The number of H-pyrrole nitrogens is 1. The number of carbonyl (C=O) groups is 1. The minimum absolute atomic E-state index is 0.0635. The van der Waals surface area contributed by atoms with E-state index >= 15 is 0 Å². The lowest BCUT2D eigenvalue weighted by Crippen LogP contribution is -2.44. The average molecular weight is 236 g/mol. The Hall–Kier alpha value is -1.36. The van der Waals surface area contributed by atoms with E-state index in [9.17, 15) is 4.79 Å². The first-order valence-electron chi connectivity index (χ1n) is 6.25. The standard InChI is InChI=1S/C12H20N4O/c1-9-11(8-14-15-9)12(17)16-6-4-2-3-5-10(16)7-13/h8,10H,2-7,13H2,1H3,(H,14,15). The van der Waals surface area contributed by atoms with Crippen LogP contribution in [0.3, 0.4) is 0 Å². The van der Waals surface area contributed by atoms with Gasteiger partial charge in [-0.05, 0) is 19.8 Å². The Kier molecular flexibility index (Phi) is 3.78. The van der Waals surface area contributed by atoms with E-state index in [-0.39, 0.29) is 11.9 Å². The van der Waals surface area contributed by atoms with Gasteiger partial charge in [0.05, 0.1) is 11.8 Å². The minimum atomic E-state index is 0.0635. The topological polar surface area (TPSA) is 75.0 Å². The van der Waals surface area contributed by atoms with Crippen LogP contribution in [0.1, 0.15) is 41.7 Å². The molecule has 1 aromatic heterocycles. The molecule has 3 N–H and O–H groups in total. The van der Waals surface area contributed by atoms with E-state index < -0.39 is 0 Å². The zero-order valence-corrected chi connectivity index (χ0v) is 10.3. The summed E-state index contributed by atoms with van der Waals surface area (Å²) in [6, 6.07) is 0.180. The molecule has 1 aliphatic rings. The van der Waals surface area contributed by atoms with Gasteiger partial charge in [-0.2, -0.15) is 5.10 Å². The number of nitrogens with zero attached hydrogens (tertiary/aromatic N) is 2.